The average Bonchev–Trinajstić information content (AvgIpc) is 0.953. The molecule has 19 heteroatoms. The number of carbonyl (C=O) groups excluding carboxylic acids is 4. The normalized spacial score (nSPS) is 14.2. The summed E-state index contributed by atoms with van der Waals surface area (Å²) in [6.45, 7) is 12.0. The zero-order valence-electron chi connectivity index (χ0n) is 65.7. The van der Waals surface area contributed by atoms with E-state index in [4.69, 9.17) is 37.0 Å². The van der Waals surface area contributed by atoms with Crippen LogP contribution in [0.4, 0.5) is 0 Å². The van der Waals surface area contributed by atoms with Gasteiger partial charge in [0.2, 0.25) is 0 Å². The van der Waals surface area contributed by atoms with Gasteiger partial charge in [-0.25, -0.2) is 9.13 Å². The summed E-state index contributed by atoms with van der Waals surface area (Å²) in [5.41, 5.74) is 0. The Morgan fingerprint density at radius 3 is 0.760 bits per heavy atom. The number of phosphoric ester groups is 2. The summed E-state index contributed by atoms with van der Waals surface area (Å²) < 4.78 is 68.7. The van der Waals surface area contributed by atoms with Gasteiger partial charge in [-0.3, -0.25) is 37.3 Å². The van der Waals surface area contributed by atoms with Crippen LogP contribution in [0.15, 0.2) is 0 Å². The Bertz CT molecular complexity index is 1940. The Labute approximate surface area is 613 Å². The zero-order chi connectivity index (χ0) is 73.7. The highest BCUT2D eigenvalue weighted by atomic mass is 31.2. The minimum atomic E-state index is -4.96. The second-order valence-electron chi connectivity index (χ2n) is 30.4. The smallest absolute Gasteiger partial charge is 0.462 e. The molecule has 3 N–H and O–H groups in total. The van der Waals surface area contributed by atoms with E-state index < -0.39 is 97.5 Å². The van der Waals surface area contributed by atoms with E-state index >= 15 is 0 Å². The quantitative estimate of drug-likeness (QED) is 0.0222. The average molecular weight is 1470 g/mol. The first-order valence-electron chi connectivity index (χ1n) is 41.9. The fraction of sp³-hybridized carbons (Fsp3) is 0.951. The van der Waals surface area contributed by atoms with Gasteiger partial charge in [0, 0.05) is 25.7 Å². The van der Waals surface area contributed by atoms with E-state index in [1.54, 1.807) is 0 Å². The van der Waals surface area contributed by atoms with E-state index in [2.05, 4.69) is 48.5 Å². The Morgan fingerprint density at radius 1 is 0.290 bits per heavy atom. The lowest BCUT2D eigenvalue weighted by molar-refractivity contribution is -0.161. The number of hydrogen-bond acceptors (Lipinski definition) is 15. The highest BCUT2D eigenvalue weighted by Gasteiger charge is 2.30. The fourth-order valence-corrected chi connectivity index (χ4v) is 14.0. The van der Waals surface area contributed by atoms with Gasteiger partial charge in [0.1, 0.15) is 19.3 Å². The van der Waals surface area contributed by atoms with Crippen LogP contribution in [0.25, 0.3) is 0 Å². The molecule has 0 aromatic carbocycles. The van der Waals surface area contributed by atoms with Gasteiger partial charge >= 0.3 is 39.5 Å². The molecule has 0 aliphatic rings. The number of aliphatic hydroxyl groups is 1. The van der Waals surface area contributed by atoms with Gasteiger partial charge < -0.3 is 33.8 Å². The fourth-order valence-electron chi connectivity index (χ4n) is 12.5. The van der Waals surface area contributed by atoms with E-state index in [0.717, 1.165) is 108 Å². The summed E-state index contributed by atoms with van der Waals surface area (Å²) in [4.78, 5) is 73.0. The van der Waals surface area contributed by atoms with Crippen molar-refractivity contribution in [3.8, 4) is 0 Å². The largest absolute Gasteiger partial charge is 0.472 e. The standard InChI is InChI=1S/C81H158O17P2/c1-8-10-11-12-13-14-15-16-17-18-21-24-27-33-41-48-55-62-78(83)91-68-76(97-80(85)64-57-50-43-34-28-25-22-19-20-23-26-31-38-45-52-59-72(3)4)70-95-99(87,88)93-66-75(82)67-94-100(89,90)96-71-77(69-92-79(84)63-56-49-42-37-36-39-46-53-60-73(5)6)98-81(86)65-58-51-44-35-30-29-32-40-47-54-61-74(7)9-2/h72-77,82H,8-71H2,1-7H3,(H,87,88)(H,89,90)/t74?,75-,76-,77-/m1/s1. The SMILES string of the molecule is CCCCCCCCCCCCCCCCCCCC(=O)OC[C@H](COP(=O)(O)OC[C@@H](O)COP(=O)(O)OC[C@@H](COC(=O)CCCCCCCCCCC(C)C)OC(=O)CCCCCCCCCCCCC(C)CC)OC(=O)CCCCCCCCCCCCCCCCCC(C)C. The van der Waals surface area contributed by atoms with Gasteiger partial charge in [-0.05, 0) is 43.4 Å². The molecule has 0 bridgehead atoms. The predicted molar refractivity (Wildman–Crippen MR) is 409 cm³/mol. The molecule has 0 amide bonds. The summed E-state index contributed by atoms with van der Waals surface area (Å²) in [7, 11) is -9.92. The molecule has 0 spiro atoms. The number of phosphoric acid groups is 2. The molecule has 6 atom stereocenters. The molecule has 0 aliphatic heterocycles. The molecule has 0 radical (unpaired) electrons. The predicted octanol–water partition coefficient (Wildman–Crippen LogP) is 24.1. The van der Waals surface area contributed by atoms with Gasteiger partial charge in [0.05, 0.1) is 26.4 Å². The van der Waals surface area contributed by atoms with Crippen LogP contribution in [-0.4, -0.2) is 96.7 Å². The van der Waals surface area contributed by atoms with Crippen LogP contribution in [0.3, 0.4) is 0 Å². The Balaban J connectivity index is 5.26. The van der Waals surface area contributed by atoms with Crippen LogP contribution in [0, 0.1) is 17.8 Å². The zero-order valence-corrected chi connectivity index (χ0v) is 67.5. The van der Waals surface area contributed by atoms with Crippen LogP contribution >= 0.6 is 15.6 Å². The van der Waals surface area contributed by atoms with Gasteiger partial charge in [-0.15, -0.1) is 0 Å². The maximum absolute atomic E-state index is 13.1. The van der Waals surface area contributed by atoms with E-state index in [9.17, 15) is 43.2 Å². The third kappa shape index (κ3) is 73.0. The van der Waals surface area contributed by atoms with Crippen molar-refractivity contribution >= 4 is 39.5 Å². The number of esters is 4. The lowest BCUT2D eigenvalue weighted by atomic mass is 9.99. The van der Waals surface area contributed by atoms with Crippen molar-refractivity contribution < 1.29 is 80.2 Å². The second kappa shape index (κ2) is 71.3. The summed E-state index contributed by atoms with van der Waals surface area (Å²) in [6.07, 6.45) is 59.6. The molecular formula is C81H158O17P2. The number of ether oxygens (including phenoxy) is 4. The lowest BCUT2D eigenvalue weighted by Gasteiger charge is -2.21. The monoisotopic (exact) mass is 1470 g/mol. The van der Waals surface area contributed by atoms with Crippen molar-refractivity contribution in [1.82, 2.24) is 0 Å². The third-order valence-electron chi connectivity index (χ3n) is 19.2. The first kappa shape index (κ1) is 98.1. The van der Waals surface area contributed by atoms with Crippen LogP contribution in [0.1, 0.15) is 421 Å². The minimum Gasteiger partial charge on any atom is -0.462 e. The number of aliphatic hydroxyl groups excluding tert-OH is 1. The van der Waals surface area contributed by atoms with E-state index in [-0.39, 0.29) is 25.7 Å². The first-order chi connectivity index (χ1) is 48.3. The molecule has 0 aliphatic carbocycles. The molecule has 0 saturated carbocycles. The van der Waals surface area contributed by atoms with E-state index in [1.807, 2.05) is 0 Å². The van der Waals surface area contributed by atoms with Crippen molar-refractivity contribution in [2.45, 2.75) is 439 Å². The first-order valence-corrected chi connectivity index (χ1v) is 44.9. The van der Waals surface area contributed by atoms with E-state index in [0.29, 0.717) is 25.7 Å². The third-order valence-corrected chi connectivity index (χ3v) is 21.1. The summed E-state index contributed by atoms with van der Waals surface area (Å²) in [5.74, 6) is 0.221. The number of unbranched alkanes of at least 4 members (excludes halogenated alkanes) is 46. The number of rotatable bonds is 79. The van der Waals surface area contributed by atoms with Crippen molar-refractivity contribution in [3.05, 3.63) is 0 Å². The van der Waals surface area contributed by atoms with Gasteiger partial charge in [-0.2, -0.15) is 0 Å². The summed E-state index contributed by atoms with van der Waals surface area (Å²) in [6, 6.07) is 0. The molecule has 0 fully saturated rings. The van der Waals surface area contributed by atoms with E-state index in [1.165, 1.54) is 231 Å². The van der Waals surface area contributed by atoms with Crippen LogP contribution in [-0.2, 0) is 65.4 Å². The number of carbonyl (C=O) groups is 4. The van der Waals surface area contributed by atoms with Crippen molar-refractivity contribution in [3.63, 3.8) is 0 Å². The molecule has 0 rings (SSSR count). The molecule has 100 heavy (non-hydrogen) atoms. The molecule has 17 nitrogen and oxygen atoms in total. The van der Waals surface area contributed by atoms with Crippen molar-refractivity contribution in [2.24, 2.45) is 17.8 Å². The Kier molecular flexibility index (Phi) is 69.9. The minimum absolute atomic E-state index is 0.106. The molecule has 0 aromatic heterocycles. The molecule has 0 heterocycles. The summed E-state index contributed by atoms with van der Waals surface area (Å²) >= 11 is 0. The molecule has 594 valence electrons. The van der Waals surface area contributed by atoms with Crippen molar-refractivity contribution in [1.29, 1.82) is 0 Å². The van der Waals surface area contributed by atoms with Gasteiger partial charge in [-0.1, -0.05) is 370 Å². The molecule has 0 saturated heterocycles. The highest BCUT2D eigenvalue weighted by Crippen LogP contribution is 2.45. The number of hydrogen-bond donors (Lipinski definition) is 3. The van der Waals surface area contributed by atoms with Crippen molar-refractivity contribution in [2.75, 3.05) is 39.6 Å². The highest BCUT2D eigenvalue weighted by molar-refractivity contribution is 7.47. The van der Waals surface area contributed by atoms with Crippen LogP contribution < -0.4 is 0 Å². The molecule has 3 unspecified atom stereocenters. The van der Waals surface area contributed by atoms with Crippen LogP contribution in [0.5, 0.6) is 0 Å². The van der Waals surface area contributed by atoms with Gasteiger partial charge in [0.15, 0.2) is 12.2 Å². The lowest BCUT2D eigenvalue weighted by Crippen LogP contribution is -2.30. The Morgan fingerprint density at radius 2 is 0.510 bits per heavy atom. The molecular weight excluding hydrogens is 1310 g/mol. The van der Waals surface area contributed by atoms with Crippen LogP contribution in [0.2, 0.25) is 0 Å². The topological polar surface area (TPSA) is 237 Å². The van der Waals surface area contributed by atoms with Gasteiger partial charge in [0.25, 0.3) is 0 Å². The summed E-state index contributed by atoms with van der Waals surface area (Å²) in [5, 5.41) is 10.6. The Hall–Kier alpha value is -1.94. The maximum atomic E-state index is 13.1. The maximum Gasteiger partial charge on any atom is 0.472 e. The molecule has 0 aromatic rings. The second-order valence-corrected chi connectivity index (χ2v) is 33.3.